The molecule has 7 rings (SSSR count). The molecule has 2 aromatic heterocycles. The van der Waals surface area contributed by atoms with E-state index in [0.717, 1.165) is 89.7 Å². The van der Waals surface area contributed by atoms with Gasteiger partial charge >= 0.3 is 11.9 Å². The molecular formula is C46H56N6O8. The number of carboxylic acid groups (broad SMARTS) is 2. The van der Waals surface area contributed by atoms with E-state index >= 15 is 0 Å². The third kappa shape index (κ3) is 11.7. The van der Waals surface area contributed by atoms with Crippen LogP contribution in [-0.4, -0.2) is 94.8 Å². The Balaban J connectivity index is 0.000000686. The number of piperidine rings is 1. The molecule has 60 heavy (non-hydrogen) atoms. The highest BCUT2D eigenvalue weighted by Crippen LogP contribution is 2.42. The monoisotopic (exact) mass is 820 g/mol. The first-order chi connectivity index (χ1) is 29.0. The number of nitrogens with zero attached hydrogens (tertiary/aromatic N) is 4. The van der Waals surface area contributed by atoms with E-state index in [1.54, 1.807) is 12.1 Å². The van der Waals surface area contributed by atoms with Gasteiger partial charge < -0.3 is 40.7 Å². The van der Waals surface area contributed by atoms with E-state index < -0.39 is 23.6 Å². The molecule has 0 bridgehead atoms. The molecule has 14 nitrogen and oxygen atoms in total. The molecule has 0 amide bonds. The van der Waals surface area contributed by atoms with Crippen LogP contribution in [0.2, 0.25) is 0 Å². The summed E-state index contributed by atoms with van der Waals surface area (Å²) in [7, 11) is 0. The summed E-state index contributed by atoms with van der Waals surface area (Å²) >= 11 is 0. The fourth-order valence-corrected chi connectivity index (χ4v) is 8.41. The quantitative estimate of drug-likeness (QED) is 0.0507. The van der Waals surface area contributed by atoms with Crippen LogP contribution >= 0.6 is 0 Å². The third-order valence-corrected chi connectivity index (χ3v) is 11.7. The summed E-state index contributed by atoms with van der Waals surface area (Å²) in [4.78, 5) is 40.7. The van der Waals surface area contributed by atoms with Gasteiger partial charge in [-0.05, 0) is 104 Å². The number of phenolic OH excluding ortho intramolecular Hbond substituents is 1. The first kappa shape index (κ1) is 43.9. The van der Waals surface area contributed by atoms with E-state index in [1.807, 2.05) is 41.3 Å². The van der Waals surface area contributed by atoms with Crippen LogP contribution in [0.1, 0.15) is 79.1 Å². The zero-order valence-corrected chi connectivity index (χ0v) is 33.8. The molecule has 2 atom stereocenters. The summed E-state index contributed by atoms with van der Waals surface area (Å²) < 4.78 is 1.97. The number of hydrogen-bond acceptors (Lipinski definition) is 10. The number of nitrogens with one attached hydrogen (secondary N) is 2. The number of benzene rings is 3. The average Bonchev–Trinajstić information content (AvgIpc) is 3.74. The number of pyridine rings is 1. The lowest BCUT2D eigenvalue weighted by atomic mass is 9.73. The minimum atomic E-state index is -1.26. The Morgan fingerprint density at radius 1 is 0.867 bits per heavy atom. The number of aliphatic hydroxyl groups is 2. The van der Waals surface area contributed by atoms with Crippen LogP contribution in [0.5, 0.6) is 5.75 Å². The fraction of sp³-hybridized carbons (Fsp3) is 0.413. The van der Waals surface area contributed by atoms with Crippen LogP contribution < -0.4 is 10.9 Å². The Labute approximate surface area is 349 Å². The Hall–Kier alpha value is -5.67. The van der Waals surface area contributed by atoms with E-state index in [2.05, 4.69) is 39.5 Å². The highest BCUT2D eigenvalue weighted by molar-refractivity contribution is 5.89. The van der Waals surface area contributed by atoms with Gasteiger partial charge in [0.25, 0.3) is 0 Å². The van der Waals surface area contributed by atoms with Gasteiger partial charge in [0.1, 0.15) is 12.1 Å². The molecule has 7 N–H and O–H groups in total. The highest BCUT2D eigenvalue weighted by Gasteiger charge is 2.44. The van der Waals surface area contributed by atoms with Crippen molar-refractivity contribution in [2.45, 2.75) is 76.0 Å². The molecule has 1 saturated carbocycles. The SMILES string of the molecule is O=C(O)/C=C/C(=O)O.O=c1ccc2c([C@@H](O)CNCCc3ccc(CCN4CCC(Cn5cnc([C@](O)(c6ccccc6)C6CCCCC6)n5)CC4)cc3)ccc(O)c2[nH]1. The van der Waals surface area contributed by atoms with Gasteiger partial charge in [-0.1, -0.05) is 79.9 Å². The molecule has 2 aliphatic rings. The van der Waals surface area contributed by atoms with Crippen molar-refractivity contribution in [3.05, 3.63) is 136 Å². The van der Waals surface area contributed by atoms with Crippen molar-refractivity contribution < 1.29 is 35.1 Å². The van der Waals surface area contributed by atoms with Gasteiger partial charge in [0, 0.05) is 43.2 Å². The summed E-state index contributed by atoms with van der Waals surface area (Å²) in [6.07, 6.45) is 11.8. The summed E-state index contributed by atoms with van der Waals surface area (Å²) in [5, 5.41) is 57.6. The lowest BCUT2D eigenvalue weighted by molar-refractivity contribution is -0.134. The molecule has 1 aliphatic carbocycles. The number of carbonyl (C=O) groups is 2. The van der Waals surface area contributed by atoms with Crippen molar-refractivity contribution >= 4 is 22.8 Å². The second kappa shape index (κ2) is 21.0. The molecule has 3 heterocycles. The van der Waals surface area contributed by atoms with Crippen LogP contribution in [0.3, 0.4) is 0 Å². The number of aliphatic hydroxyl groups excluding tert-OH is 1. The smallest absolute Gasteiger partial charge is 0.328 e. The van der Waals surface area contributed by atoms with Gasteiger partial charge in [-0.3, -0.25) is 9.48 Å². The summed E-state index contributed by atoms with van der Waals surface area (Å²) in [6.45, 7) is 5.13. The van der Waals surface area contributed by atoms with Gasteiger partial charge in [-0.25, -0.2) is 14.6 Å². The van der Waals surface area contributed by atoms with Crippen LogP contribution in [0.15, 0.2) is 102 Å². The van der Waals surface area contributed by atoms with Crippen molar-refractivity contribution in [1.29, 1.82) is 0 Å². The van der Waals surface area contributed by atoms with Gasteiger partial charge in [0.15, 0.2) is 11.4 Å². The maximum Gasteiger partial charge on any atom is 0.328 e. The van der Waals surface area contributed by atoms with Crippen LogP contribution in [-0.2, 0) is 34.6 Å². The maximum absolute atomic E-state index is 12.2. The van der Waals surface area contributed by atoms with Crippen LogP contribution in [0.4, 0.5) is 0 Å². The number of aromatic amines is 1. The second-order valence-corrected chi connectivity index (χ2v) is 15.9. The number of phenols is 1. The van der Waals surface area contributed by atoms with Gasteiger partial charge in [-0.15, -0.1) is 0 Å². The highest BCUT2D eigenvalue weighted by atomic mass is 16.4. The Morgan fingerprint density at radius 3 is 2.20 bits per heavy atom. The molecule has 1 aliphatic heterocycles. The average molecular weight is 821 g/mol. The number of likely N-dealkylation sites (tertiary alicyclic amines) is 1. The number of fused-ring (bicyclic) bond motifs is 1. The molecule has 0 radical (unpaired) electrons. The zero-order valence-electron chi connectivity index (χ0n) is 33.8. The zero-order chi connectivity index (χ0) is 42.5. The molecule has 0 unspecified atom stereocenters. The Morgan fingerprint density at radius 2 is 1.53 bits per heavy atom. The van der Waals surface area contributed by atoms with Gasteiger partial charge in [0.05, 0.1) is 11.6 Å². The van der Waals surface area contributed by atoms with E-state index in [1.165, 1.54) is 29.7 Å². The lowest BCUT2D eigenvalue weighted by Gasteiger charge is -2.37. The summed E-state index contributed by atoms with van der Waals surface area (Å²) in [5.74, 6) is -1.30. The van der Waals surface area contributed by atoms with E-state index in [9.17, 15) is 29.7 Å². The number of H-pyrrole nitrogens is 1. The predicted octanol–water partition coefficient (Wildman–Crippen LogP) is 5.17. The standard InChI is InChI=1S/C42H52N6O4.C4H4O4/c49-37-17-15-35(36-16-18-39(51)45-40(36)37)38(50)27-43-23-19-30-11-13-31(14-12-30)20-24-47-25-21-32(22-26-47)28-48-29-44-41(46-48)42(52,33-7-3-1-4-8-33)34-9-5-2-6-10-34;5-3(6)1-2-4(7)8/h1,3-4,7-8,11-18,29,32,34,38,43,49-50,52H,2,5-6,9-10,19-28H2,(H,45,51);1-2H,(H,5,6)(H,7,8)/b;2-1+/t38-,42-;/m0./s1. The van der Waals surface area contributed by atoms with Crippen molar-refractivity contribution in [3.8, 4) is 5.75 Å². The molecule has 0 spiro atoms. The van der Waals surface area contributed by atoms with Crippen LogP contribution in [0.25, 0.3) is 10.9 Å². The van der Waals surface area contributed by atoms with Crippen LogP contribution in [0, 0.1) is 11.8 Å². The number of aliphatic carboxylic acids is 2. The van der Waals surface area contributed by atoms with Gasteiger partial charge in [-0.2, -0.15) is 5.10 Å². The topological polar surface area (TPSA) is 214 Å². The number of hydrogen-bond donors (Lipinski definition) is 7. The van der Waals surface area contributed by atoms with E-state index in [4.69, 9.17) is 20.3 Å². The number of aromatic hydroxyl groups is 1. The molecule has 3 aromatic carbocycles. The molecule has 1 saturated heterocycles. The summed E-state index contributed by atoms with van der Waals surface area (Å²) in [6, 6.07) is 25.1. The number of carboxylic acids is 2. The maximum atomic E-state index is 12.2. The van der Waals surface area contributed by atoms with Crippen molar-refractivity contribution in [2.75, 3.05) is 32.7 Å². The minimum Gasteiger partial charge on any atom is -0.506 e. The van der Waals surface area contributed by atoms with Crippen molar-refractivity contribution in [3.63, 3.8) is 0 Å². The predicted molar refractivity (Wildman–Crippen MR) is 228 cm³/mol. The normalized spacial score (nSPS) is 16.9. The third-order valence-electron chi connectivity index (χ3n) is 11.7. The molecular weight excluding hydrogens is 765 g/mol. The first-order valence-corrected chi connectivity index (χ1v) is 20.8. The fourth-order valence-electron chi connectivity index (χ4n) is 8.41. The first-order valence-electron chi connectivity index (χ1n) is 20.8. The molecule has 5 aromatic rings. The number of aromatic nitrogens is 4. The largest absolute Gasteiger partial charge is 0.506 e. The number of rotatable bonds is 16. The van der Waals surface area contributed by atoms with Gasteiger partial charge in [0.2, 0.25) is 5.56 Å². The molecule has 14 heteroatoms. The van der Waals surface area contributed by atoms with E-state index in [0.29, 0.717) is 46.9 Å². The lowest BCUT2D eigenvalue weighted by Crippen LogP contribution is -2.39. The summed E-state index contributed by atoms with van der Waals surface area (Å²) in [5.41, 5.74) is 3.05. The second-order valence-electron chi connectivity index (χ2n) is 15.9. The van der Waals surface area contributed by atoms with Crippen molar-refractivity contribution in [2.24, 2.45) is 11.8 Å². The van der Waals surface area contributed by atoms with E-state index in [-0.39, 0.29) is 17.2 Å². The molecule has 318 valence electrons. The Bertz CT molecular complexity index is 2230. The Kier molecular flexibility index (Phi) is 15.4. The van der Waals surface area contributed by atoms with Crippen molar-refractivity contribution in [1.82, 2.24) is 30.0 Å². The molecule has 2 fully saturated rings. The minimum absolute atomic E-state index is 0.0118.